The van der Waals surface area contributed by atoms with Crippen LogP contribution in [-0.4, -0.2) is 45.5 Å². The van der Waals surface area contributed by atoms with Crippen LogP contribution in [0, 0.1) is 5.92 Å². The van der Waals surface area contributed by atoms with E-state index in [0.717, 1.165) is 5.01 Å². The Hall–Kier alpha value is -2.04. The number of thiazole rings is 2. The van der Waals surface area contributed by atoms with Gasteiger partial charge in [0, 0.05) is 30.0 Å². The molecule has 2 aromatic rings. The molecule has 1 amide bonds. The van der Waals surface area contributed by atoms with E-state index in [9.17, 15) is 14.4 Å². The fraction of sp³-hybridized carbons (Fsp3) is 0.476. The predicted molar refractivity (Wildman–Crippen MR) is 125 cm³/mol. The van der Waals surface area contributed by atoms with Gasteiger partial charge in [-0.25, -0.2) is 14.8 Å². The van der Waals surface area contributed by atoms with Gasteiger partial charge in [-0.1, -0.05) is 19.9 Å². The lowest BCUT2D eigenvalue weighted by molar-refractivity contribution is -0.151. The highest BCUT2D eigenvalue weighted by Crippen LogP contribution is 2.26. The molecular formula is C21H25N3O4S3. The Balaban J connectivity index is 1.90. The highest BCUT2D eigenvalue weighted by Gasteiger charge is 2.29. The van der Waals surface area contributed by atoms with Gasteiger partial charge < -0.3 is 10.1 Å². The van der Waals surface area contributed by atoms with Crippen molar-refractivity contribution >= 4 is 53.0 Å². The number of cyclic esters (lactones) is 1. The molecule has 0 aliphatic carbocycles. The van der Waals surface area contributed by atoms with Crippen LogP contribution in [0.3, 0.4) is 0 Å². The second-order valence-corrected chi connectivity index (χ2v) is 9.77. The van der Waals surface area contributed by atoms with E-state index in [-0.39, 0.29) is 23.8 Å². The van der Waals surface area contributed by atoms with Crippen LogP contribution in [0.5, 0.6) is 0 Å². The average Bonchev–Trinajstić information content (AvgIpc) is 3.39. The van der Waals surface area contributed by atoms with E-state index in [2.05, 4.69) is 27.9 Å². The third-order valence-electron chi connectivity index (χ3n) is 4.68. The number of thiol groups is 1. The van der Waals surface area contributed by atoms with E-state index in [1.54, 1.807) is 11.5 Å². The predicted octanol–water partition coefficient (Wildman–Crippen LogP) is 3.71. The van der Waals surface area contributed by atoms with Crippen LogP contribution in [0.2, 0.25) is 0 Å². The van der Waals surface area contributed by atoms with Crippen LogP contribution in [0.15, 0.2) is 22.9 Å². The molecule has 2 atom stereocenters. The number of nitrogens with zero attached hydrogens (tertiary/aromatic N) is 2. The summed E-state index contributed by atoms with van der Waals surface area (Å²) in [6.45, 7) is 3.65. The molecule has 0 radical (unpaired) electrons. The number of fused-ring (bicyclic) bond motifs is 5. The van der Waals surface area contributed by atoms with Crippen LogP contribution in [0.4, 0.5) is 0 Å². The van der Waals surface area contributed by atoms with Gasteiger partial charge in [-0.2, -0.15) is 12.6 Å². The molecule has 166 valence electrons. The number of ether oxygens (including phenoxy) is 1. The summed E-state index contributed by atoms with van der Waals surface area (Å²) in [7, 11) is 0. The van der Waals surface area contributed by atoms with Gasteiger partial charge in [-0.3, -0.25) is 9.59 Å². The first-order valence-electron chi connectivity index (χ1n) is 10.1. The number of rotatable bonds is 4. The van der Waals surface area contributed by atoms with E-state index in [0.29, 0.717) is 35.7 Å². The summed E-state index contributed by atoms with van der Waals surface area (Å²) in [6, 6.07) is -0.854. The number of hydrogen-bond acceptors (Lipinski definition) is 9. The Bertz CT molecular complexity index is 967. The number of allylic oxidation sites excluding steroid dienone is 1. The lowest BCUT2D eigenvalue weighted by Gasteiger charge is -2.23. The number of amides is 1. The summed E-state index contributed by atoms with van der Waals surface area (Å²) in [4.78, 5) is 47.1. The number of nitrogens with one attached hydrogen (secondary N) is 1. The number of ketones is 1. The molecule has 0 spiro atoms. The Morgan fingerprint density at radius 2 is 1.97 bits per heavy atom. The van der Waals surface area contributed by atoms with Gasteiger partial charge in [-0.15, -0.1) is 22.7 Å². The van der Waals surface area contributed by atoms with E-state index >= 15 is 0 Å². The molecule has 0 saturated heterocycles. The maximum atomic E-state index is 12.9. The molecule has 2 aromatic heterocycles. The molecule has 3 rings (SSSR count). The quantitative estimate of drug-likeness (QED) is 0.394. The van der Waals surface area contributed by atoms with Crippen molar-refractivity contribution in [2.45, 2.75) is 51.7 Å². The van der Waals surface area contributed by atoms with Crippen molar-refractivity contribution in [3.63, 3.8) is 0 Å². The van der Waals surface area contributed by atoms with Crippen LogP contribution >= 0.6 is 35.3 Å². The largest absolute Gasteiger partial charge is 0.456 e. The van der Waals surface area contributed by atoms with Crippen LogP contribution < -0.4 is 5.32 Å². The van der Waals surface area contributed by atoms with Crippen LogP contribution in [0.25, 0.3) is 10.7 Å². The molecule has 0 fully saturated rings. The maximum Gasteiger partial charge on any atom is 0.329 e. The summed E-state index contributed by atoms with van der Waals surface area (Å²) in [5, 5.41) is 7.72. The van der Waals surface area contributed by atoms with E-state index in [1.165, 1.54) is 22.7 Å². The zero-order valence-corrected chi connectivity index (χ0v) is 19.9. The number of aryl methyl sites for hydroxylation is 1. The maximum absolute atomic E-state index is 12.9. The first-order valence-corrected chi connectivity index (χ1v) is 12.5. The van der Waals surface area contributed by atoms with Crippen LogP contribution in [-0.2, 0) is 20.7 Å². The van der Waals surface area contributed by atoms with E-state index < -0.39 is 24.0 Å². The standard InChI is InChI=1S/C21H25N3O4S3/c1-12(2)18-21(27)28-14(5-3-4-8-29)9-13(25)6-7-17-22-16(11-30-17)20-23-15(10-31-20)19(26)24-18/h3,5,10-12,14,18,29H,4,6-9H2,1-2H3,(H,24,26)/b5-3+/t14-,18+/m1/s1. The molecule has 0 aromatic carbocycles. The Morgan fingerprint density at radius 1 is 1.19 bits per heavy atom. The SMILES string of the molecule is CC(C)[C@@H]1NC(=O)c2csc(n2)-c2csc(n2)CCC(=O)C[C@@H](/C=C/CCS)OC1=O. The minimum absolute atomic E-state index is 0.0150. The molecule has 4 bridgehead atoms. The zero-order valence-electron chi connectivity index (χ0n) is 17.4. The van der Waals surface area contributed by atoms with Gasteiger partial charge in [-0.05, 0) is 24.2 Å². The molecule has 7 nitrogen and oxygen atoms in total. The van der Waals surface area contributed by atoms with Crippen molar-refractivity contribution in [2.75, 3.05) is 5.75 Å². The van der Waals surface area contributed by atoms with Crippen molar-refractivity contribution in [2.24, 2.45) is 5.92 Å². The second kappa shape index (κ2) is 11.0. The first-order chi connectivity index (χ1) is 14.9. The fourth-order valence-electron chi connectivity index (χ4n) is 3.00. The topological polar surface area (TPSA) is 98.2 Å². The summed E-state index contributed by atoms with van der Waals surface area (Å²) in [5.74, 6) is -0.579. The smallest absolute Gasteiger partial charge is 0.329 e. The second-order valence-electron chi connectivity index (χ2n) is 7.52. The number of carbonyl (C=O) groups is 3. The minimum Gasteiger partial charge on any atom is -0.456 e. The van der Waals surface area contributed by atoms with Crippen molar-refractivity contribution in [1.82, 2.24) is 15.3 Å². The number of carbonyl (C=O) groups excluding carboxylic acids is 3. The molecule has 31 heavy (non-hydrogen) atoms. The number of esters is 1. The summed E-state index contributed by atoms with van der Waals surface area (Å²) in [5.41, 5.74) is 0.927. The molecule has 1 aliphatic rings. The van der Waals surface area contributed by atoms with E-state index in [4.69, 9.17) is 4.74 Å². The Kier molecular flexibility index (Phi) is 8.39. The Morgan fingerprint density at radius 3 is 2.71 bits per heavy atom. The highest BCUT2D eigenvalue weighted by atomic mass is 32.1. The van der Waals surface area contributed by atoms with Gasteiger partial charge in [0.2, 0.25) is 0 Å². The highest BCUT2D eigenvalue weighted by molar-refractivity contribution is 7.80. The molecule has 0 unspecified atom stereocenters. The number of aromatic nitrogens is 2. The van der Waals surface area contributed by atoms with Gasteiger partial charge in [0.1, 0.15) is 34.3 Å². The minimum atomic E-state index is -0.854. The zero-order chi connectivity index (χ0) is 22.4. The Labute approximate surface area is 194 Å². The van der Waals surface area contributed by atoms with Gasteiger partial charge >= 0.3 is 5.97 Å². The molecule has 3 heterocycles. The number of Topliss-reactive ketones (excluding diaryl/α,β-unsaturated/α-hetero) is 1. The lowest BCUT2D eigenvalue weighted by atomic mass is 10.0. The summed E-state index contributed by atoms with van der Waals surface area (Å²) >= 11 is 6.96. The van der Waals surface area contributed by atoms with Crippen molar-refractivity contribution in [3.05, 3.63) is 33.6 Å². The van der Waals surface area contributed by atoms with Gasteiger partial charge in [0.05, 0.1) is 5.01 Å². The fourth-order valence-corrected chi connectivity index (χ4v) is 4.77. The van der Waals surface area contributed by atoms with Crippen molar-refractivity contribution < 1.29 is 19.1 Å². The molecular weight excluding hydrogens is 454 g/mol. The third kappa shape index (κ3) is 6.47. The van der Waals surface area contributed by atoms with Gasteiger partial charge in [0.25, 0.3) is 5.91 Å². The van der Waals surface area contributed by atoms with Crippen LogP contribution in [0.1, 0.15) is 48.6 Å². The van der Waals surface area contributed by atoms with Crippen molar-refractivity contribution in [1.29, 1.82) is 0 Å². The molecule has 1 N–H and O–H groups in total. The average molecular weight is 480 g/mol. The van der Waals surface area contributed by atoms with Crippen molar-refractivity contribution in [3.8, 4) is 10.7 Å². The monoisotopic (exact) mass is 479 g/mol. The number of hydrogen-bond donors (Lipinski definition) is 2. The molecule has 1 aliphatic heterocycles. The van der Waals surface area contributed by atoms with Gasteiger partial charge in [0.15, 0.2) is 0 Å². The third-order valence-corrected chi connectivity index (χ3v) is 6.71. The van der Waals surface area contributed by atoms with E-state index in [1.807, 2.05) is 25.3 Å². The summed E-state index contributed by atoms with van der Waals surface area (Å²) < 4.78 is 5.64. The molecule has 0 saturated carbocycles. The summed E-state index contributed by atoms with van der Waals surface area (Å²) in [6.07, 6.45) is 4.49. The molecule has 10 heteroatoms. The lowest BCUT2D eigenvalue weighted by Crippen LogP contribution is -2.46. The first kappa shape index (κ1) is 23.6. The normalized spacial score (nSPS) is 20.8.